The molecule has 0 bridgehead atoms. The summed E-state index contributed by atoms with van der Waals surface area (Å²) in [6.07, 6.45) is 1.92. The van der Waals surface area contributed by atoms with E-state index >= 15 is 0 Å². The SMILES string of the molecule is CN=C(NCc1cnc(N(C)C)n1C)N1CCN(c2cccs2)CC1.I. The quantitative estimate of drug-likeness (QED) is 0.405. The minimum absolute atomic E-state index is 0. The minimum atomic E-state index is 0. The number of nitrogens with one attached hydrogen (secondary N) is 1. The van der Waals surface area contributed by atoms with Gasteiger partial charge in [-0.1, -0.05) is 0 Å². The highest BCUT2D eigenvalue weighted by molar-refractivity contribution is 14.0. The monoisotopic (exact) mass is 489 g/mol. The Bertz CT molecular complexity index is 703. The average Bonchev–Trinajstić information content (AvgIpc) is 3.26. The molecule has 0 saturated carbocycles. The van der Waals surface area contributed by atoms with Crippen molar-refractivity contribution in [2.45, 2.75) is 6.54 Å². The van der Waals surface area contributed by atoms with Crippen molar-refractivity contribution in [2.24, 2.45) is 12.0 Å². The van der Waals surface area contributed by atoms with Crippen LogP contribution in [0.25, 0.3) is 0 Å². The maximum Gasteiger partial charge on any atom is 0.204 e. The standard InChI is InChI=1S/C17H27N7S.HI/c1-18-16(19-12-14-13-20-17(21(2)3)22(14)4)24-9-7-23(8-10-24)15-6-5-11-25-15;/h5-6,11,13H,7-10,12H2,1-4H3,(H,18,19);1H. The summed E-state index contributed by atoms with van der Waals surface area (Å²) in [6, 6.07) is 4.31. The zero-order valence-corrected chi connectivity index (χ0v) is 19.0. The highest BCUT2D eigenvalue weighted by Gasteiger charge is 2.20. The van der Waals surface area contributed by atoms with Crippen molar-refractivity contribution >= 4 is 52.2 Å². The molecule has 144 valence electrons. The molecule has 0 unspecified atom stereocenters. The van der Waals surface area contributed by atoms with Gasteiger partial charge >= 0.3 is 0 Å². The van der Waals surface area contributed by atoms with Crippen LogP contribution in [0.4, 0.5) is 10.9 Å². The van der Waals surface area contributed by atoms with Gasteiger partial charge in [-0.05, 0) is 17.5 Å². The third-order valence-electron chi connectivity index (χ3n) is 4.50. The number of guanidine groups is 1. The van der Waals surface area contributed by atoms with E-state index in [0.29, 0.717) is 0 Å². The first-order chi connectivity index (χ1) is 12.1. The molecule has 0 aliphatic carbocycles. The van der Waals surface area contributed by atoms with E-state index in [1.807, 2.05) is 39.3 Å². The number of nitrogens with zero attached hydrogens (tertiary/aromatic N) is 6. The Hall–Kier alpha value is -1.49. The molecule has 2 aromatic rings. The van der Waals surface area contributed by atoms with Crippen molar-refractivity contribution in [1.82, 2.24) is 19.8 Å². The van der Waals surface area contributed by atoms with E-state index < -0.39 is 0 Å². The number of hydrogen-bond acceptors (Lipinski definition) is 5. The van der Waals surface area contributed by atoms with Gasteiger partial charge in [0.15, 0.2) is 5.96 Å². The predicted molar refractivity (Wildman–Crippen MR) is 121 cm³/mol. The normalized spacial score (nSPS) is 15.0. The second-order valence-electron chi connectivity index (χ2n) is 6.33. The lowest BCUT2D eigenvalue weighted by Gasteiger charge is -2.37. The topological polar surface area (TPSA) is 51.9 Å². The lowest BCUT2D eigenvalue weighted by Crippen LogP contribution is -2.52. The molecule has 7 nitrogen and oxygen atoms in total. The van der Waals surface area contributed by atoms with Gasteiger partial charge in [-0.25, -0.2) is 4.98 Å². The second kappa shape index (κ2) is 9.45. The summed E-state index contributed by atoms with van der Waals surface area (Å²) in [5.74, 6) is 1.91. The van der Waals surface area contributed by atoms with Crippen molar-refractivity contribution in [2.75, 3.05) is 57.1 Å². The summed E-state index contributed by atoms with van der Waals surface area (Å²) in [6.45, 7) is 4.72. The fourth-order valence-electron chi connectivity index (χ4n) is 3.10. The van der Waals surface area contributed by atoms with Crippen molar-refractivity contribution < 1.29 is 0 Å². The number of anilines is 2. The molecule has 3 rings (SSSR count). The van der Waals surface area contributed by atoms with Gasteiger partial charge < -0.3 is 24.6 Å². The van der Waals surface area contributed by atoms with E-state index in [4.69, 9.17) is 0 Å². The average molecular weight is 489 g/mol. The number of aliphatic imine (C=N–C) groups is 1. The molecule has 0 aromatic carbocycles. The Morgan fingerprint density at radius 1 is 1.31 bits per heavy atom. The molecule has 1 aliphatic heterocycles. The molecule has 9 heteroatoms. The van der Waals surface area contributed by atoms with E-state index in [9.17, 15) is 0 Å². The van der Waals surface area contributed by atoms with Gasteiger partial charge in [-0.15, -0.1) is 35.3 Å². The fourth-order valence-corrected chi connectivity index (χ4v) is 3.89. The third-order valence-corrected chi connectivity index (χ3v) is 5.43. The van der Waals surface area contributed by atoms with E-state index in [1.54, 1.807) is 11.3 Å². The van der Waals surface area contributed by atoms with Crippen LogP contribution in [0, 0.1) is 0 Å². The van der Waals surface area contributed by atoms with Crippen LogP contribution < -0.4 is 15.1 Å². The number of halogens is 1. The van der Waals surface area contributed by atoms with Crippen LogP contribution >= 0.6 is 35.3 Å². The first-order valence-corrected chi connectivity index (χ1v) is 9.40. The first kappa shape index (κ1) is 20.8. The number of hydrogen-bond donors (Lipinski definition) is 1. The zero-order chi connectivity index (χ0) is 17.8. The number of rotatable bonds is 4. The summed E-state index contributed by atoms with van der Waals surface area (Å²) in [4.78, 5) is 15.7. The number of piperazine rings is 1. The molecule has 0 atom stereocenters. The van der Waals surface area contributed by atoms with Gasteiger partial charge in [0.1, 0.15) is 0 Å². The largest absolute Gasteiger partial charge is 0.360 e. The molecule has 0 spiro atoms. The van der Waals surface area contributed by atoms with Crippen LogP contribution in [0.5, 0.6) is 0 Å². The van der Waals surface area contributed by atoms with Crippen LogP contribution in [0.15, 0.2) is 28.7 Å². The van der Waals surface area contributed by atoms with Gasteiger partial charge in [0, 0.05) is 54.4 Å². The van der Waals surface area contributed by atoms with Crippen LogP contribution in [0.2, 0.25) is 0 Å². The molecule has 0 amide bonds. The minimum Gasteiger partial charge on any atom is -0.360 e. The van der Waals surface area contributed by atoms with Gasteiger partial charge in [0.2, 0.25) is 5.95 Å². The van der Waals surface area contributed by atoms with E-state index in [2.05, 4.69) is 47.2 Å². The number of thiophene rings is 1. The van der Waals surface area contributed by atoms with Crippen molar-refractivity contribution in [1.29, 1.82) is 0 Å². The van der Waals surface area contributed by atoms with Crippen molar-refractivity contribution in [3.05, 3.63) is 29.4 Å². The summed E-state index contributed by atoms with van der Waals surface area (Å²) in [7, 11) is 7.90. The lowest BCUT2D eigenvalue weighted by molar-refractivity contribution is 0.373. The zero-order valence-electron chi connectivity index (χ0n) is 15.8. The highest BCUT2D eigenvalue weighted by atomic mass is 127. The Morgan fingerprint density at radius 2 is 2.04 bits per heavy atom. The van der Waals surface area contributed by atoms with Gasteiger partial charge in [0.25, 0.3) is 0 Å². The number of imidazole rings is 1. The molecule has 3 heterocycles. The van der Waals surface area contributed by atoms with Crippen LogP contribution in [0.1, 0.15) is 5.69 Å². The van der Waals surface area contributed by atoms with Gasteiger partial charge in [-0.2, -0.15) is 0 Å². The van der Waals surface area contributed by atoms with Gasteiger partial charge in [-0.3, -0.25) is 4.99 Å². The lowest BCUT2D eigenvalue weighted by atomic mass is 10.3. The summed E-state index contributed by atoms with van der Waals surface area (Å²) in [5.41, 5.74) is 1.14. The van der Waals surface area contributed by atoms with Crippen LogP contribution in [0.3, 0.4) is 0 Å². The summed E-state index contributed by atoms with van der Waals surface area (Å²) < 4.78 is 2.11. The van der Waals surface area contributed by atoms with E-state index in [0.717, 1.165) is 50.3 Å². The highest BCUT2D eigenvalue weighted by Crippen LogP contribution is 2.22. The second-order valence-corrected chi connectivity index (χ2v) is 7.26. The molecule has 1 saturated heterocycles. The number of aromatic nitrogens is 2. The van der Waals surface area contributed by atoms with Gasteiger partial charge in [0.05, 0.1) is 23.4 Å². The third kappa shape index (κ3) is 4.61. The molecule has 1 aliphatic rings. The first-order valence-electron chi connectivity index (χ1n) is 8.52. The molecule has 0 radical (unpaired) electrons. The summed E-state index contributed by atoms with van der Waals surface area (Å²) >= 11 is 1.81. The fraction of sp³-hybridized carbons (Fsp3) is 0.529. The Labute approximate surface area is 176 Å². The molecular weight excluding hydrogens is 461 g/mol. The van der Waals surface area contributed by atoms with Crippen LogP contribution in [-0.2, 0) is 13.6 Å². The maximum absolute atomic E-state index is 4.46. The predicted octanol–water partition coefficient (Wildman–Crippen LogP) is 2.06. The molecule has 2 aromatic heterocycles. The molecule has 1 N–H and O–H groups in total. The van der Waals surface area contributed by atoms with Crippen molar-refractivity contribution in [3.8, 4) is 0 Å². The Kier molecular flexibility index (Phi) is 7.56. The van der Waals surface area contributed by atoms with Crippen molar-refractivity contribution in [3.63, 3.8) is 0 Å². The maximum atomic E-state index is 4.46. The Morgan fingerprint density at radius 3 is 2.58 bits per heavy atom. The van der Waals surface area contributed by atoms with E-state index in [-0.39, 0.29) is 24.0 Å². The Balaban J connectivity index is 0.00000243. The molecule has 26 heavy (non-hydrogen) atoms. The van der Waals surface area contributed by atoms with Crippen LogP contribution in [-0.4, -0.2) is 67.7 Å². The summed E-state index contributed by atoms with van der Waals surface area (Å²) in [5, 5.41) is 6.97. The molecular formula is C17H28IN7S. The van der Waals surface area contributed by atoms with E-state index in [1.165, 1.54) is 5.00 Å². The molecule has 1 fully saturated rings. The smallest absolute Gasteiger partial charge is 0.204 e.